The van der Waals surface area contributed by atoms with Crippen LogP contribution in [0.4, 0.5) is 5.69 Å². The molecule has 1 N–H and O–H groups in total. The molecule has 39 heavy (non-hydrogen) atoms. The van der Waals surface area contributed by atoms with E-state index in [4.69, 9.17) is 27.9 Å². The second-order valence-corrected chi connectivity index (χ2v) is 11.5. The van der Waals surface area contributed by atoms with Crippen molar-refractivity contribution in [2.45, 2.75) is 38.3 Å². The fourth-order valence-corrected chi connectivity index (χ4v) is 5.70. The van der Waals surface area contributed by atoms with E-state index in [-0.39, 0.29) is 33.8 Å². The van der Waals surface area contributed by atoms with Crippen molar-refractivity contribution in [2.75, 3.05) is 24.5 Å². The predicted octanol–water partition coefficient (Wildman–Crippen LogP) is 5.06. The van der Waals surface area contributed by atoms with E-state index in [1.54, 1.807) is 56.3 Å². The maximum Gasteiger partial charge on any atom is 0.264 e. The van der Waals surface area contributed by atoms with Crippen molar-refractivity contribution in [2.24, 2.45) is 0 Å². The monoisotopic (exact) mass is 591 g/mol. The van der Waals surface area contributed by atoms with Gasteiger partial charge in [0, 0.05) is 23.1 Å². The molecule has 0 radical (unpaired) electrons. The fraction of sp³-hybridized carbons (Fsp3) is 0.286. The number of carbonyl (C=O) groups is 2. The maximum absolute atomic E-state index is 14.0. The molecular weight excluding hydrogens is 561 g/mol. The van der Waals surface area contributed by atoms with Crippen molar-refractivity contribution in [3.8, 4) is 5.75 Å². The highest BCUT2D eigenvalue weighted by Gasteiger charge is 2.34. The molecule has 0 saturated heterocycles. The Morgan fingerprint density at radius 1 is 1.03 bits per heavy atom. The summed E-state index contributed by atoms with van der Waals surface area (Å²) < 4.78 is 34.3. The molecule has 0 saturated carbocycles. The summed E-state index contributed by atoms with van der Waals surface area (Å²) in [5, 5.41) is 3.39. The number of nitrogens with one attached hydrogen (secondary N) is 1. The molecule has 0 bridgehead atoms. The number of nitrogens with zero attached hydrogens (tertiary/aromatic N) is 2. The molecule has 0 aliphatic heterocycles. The van der Waals surface area contributed by atoms with Gasteiger partial charge in [0.25, 0.3) is 10.0 Å². The van der Waals surface area contributed by atoms with Gasteiger partial charge in [0.1, 0.15) is 18.3 Å². The summed E-state index contributed by atoms with van der Waals surface area (Å²) >= 11 is 12.6. The molecule has 11 heteroatoms. The first-order chi connectivity index (χ1) is 18.5. The van der Waals surface area contributed by atoms with Gasteiger partial charge in [-0.05, 0) is 62.7 Å². The molecular formula is C28H31Cl2N3O5S. The van der Waals surface area contributed by atoms with Crippen LogP contribution in [0.15, 0.2) is 71.6 Å². The highest BCUT2D eigenvalue weighted by molar-refractivity contribution is 7.92. The molecule has 0 aliphatic rings. The number of amides is 2. The number of methoxy groups -OCH3 is 1. The first kappa shape index (κ1) is 30.3. The van der Waals surface area contributed by atoms with Crippen LogP contribution >= 0.6 is 23.2 Å². The number of hydrogen-bond acceptors (Lipinski definition) is 5. The minimum absolute atomic E-state index is 0.0120. The van der Waals surface area contributed by atoms with Gasteiger partial charge in [0.2, 0.25) is 11.8 Å². The van der Waals surface area contributed by atoms with E-state index in [0.29, 0.717) is 17.1 Å². The van der Waals surface area contributed by atoms with Gasteiger partial charge in [-0.15, -0.1) is 0 Å². The Hall–Kier alpha value is -3.27. The molecule has 0 fully saturated rings. The number of sulfonamides is 1. The Bertz CT molecular complexity index is 1430. The Kier molecular flexibility index (Phi) is 10.2. The van der Waals surface area contributed by atoms with E-state index in [1.165, 1.54) is 36.3 Å². The normalized spacial score (nSPS) is 11.9. The summed E-state index contributed by atoms with van der Waals surface area (Å²) in [6.45, 7) is 4.92. The fourth-order valence-electron chi connectivity index (χ4n) is 3.92. The topological polar surface area (TPSA) is 96.0 Å². The molecule has 1 atom stereocenters. The number of halogens is 2. The Labute approximate surface area is 239 Å². The lowest BCUT2D eigenvalue weighted by Gasteiger charge is -2.32. The average molecular weight is 593 g/mol. The van der Waals surface area contributed by atoms with Crippen molar-refractivity contribution in [1.29, 1.82) is 0 Å². The third-order valence-electron chi connectivity index (χ3n) is 6.11. The van der Waals surface area contributed by atoms with E-state index in [2.05, 4.69) is 5.32 Å². The van der Waals surface area contributed by atoms with Crippen molar-refractivity contribution in [1.82, 2.24) is 10.2 Å². The van der Waals surface area contributed by atoms with Gasteiger partial charge in [0.15, 0.2) is 0 Å². The van der Waals surface area contributed by atoms with Gasteiger partial charge in [0.05, 0.1) is 17.7 Å². The van der Waals surface area contributed by atoms with E-state index in [1.807, 2.05) is 6.92 Å². The Morgan fingerprint density at radius 3 is 2.31 bits per heavy atom. The maximum atomic E-state index is 14.0. The number of aryl methyl sites for hydroxylation is 1. The van der Waals surface area contributed by atoms with E-state index < -0.39 is 28.5 Å². The van der Waals surface area contributed by atoms with E-state index in [0.717, 1.165) is 9.87 Å². The standard InChI is InChI=1S/C28H31Cl2N3O5S/c1-5-31-28(35)20(3)32(17-21-8-6-7-9-24(21)30)27(34)18-33(25-16-22(29)12-15-26(25)38-4)39(36,37)23-13-10-19(2)11-14-23/h6-16,20H,5,17-18H2,1-4H3,(H,31,35). The lowest BCUT2D eigenvalue weighted by Crippen LogP contribution is -2.51. The zero-order chi connectivity index (χ0) is 28.7. The highest BCUT2D eigenvalue weighted by atomic mass is 35.5. The third-order valence-corrected chi connectivity index (χ3v) is 8.49. The van der Waals surface area contributed by atoms with Gasteiger partial charge in [-0.1, -0.05) is 59.1 Å². The second kappa shape index (κ2) is 13.2. The molecule has 8 nitrogen and oxygen atoms in total. The van der Waals surface area contributed by atoms with Gasteiger partial charge in [-0.25, -0.2) is 8.42 Å². The average Bonchev–Trinajstić information content (AvgIpc) is 2.91. The van der Waals surface area contributed by atoms with Gasteiger partial charge in [-0.3, -0.25) is 13.9 Å². The molecule has 0 aliphatic carbocycles. The van der Waals surface area contributed by atoms with Crippen LogP contribution in [0.3, 0.4) is 0 Å². The number of carbonyl (C=O) groups excluding carboxylic acids is 2. The number of anilines is 1. The molecule has 0 heterocycles. The molecule has 1 unspecified atom stereocenters. The quantitative estimate of drug-likeness (QED) is 0.336. The summed E-state index contributed by atoms with van der Waals surface area (Å²) in [5.41, 5.74) is 1.57. The highest BCUT2D eigenvalue weighted by Crippen LogP contribution is 2.35. The molecule has 3 aromatic carbocycles. The molecule has 2 amide bonds. The van der Waals surface area contributed by atoms with Gasteiger partial charge < -0.3 is 15.0 Å². The smallest absolute Gasteiger partial charge is 0.264 e. The molecule has 3 rings (SSSR count). The number of likely N-dealkylation sites (N-methyl/N-ethyl adjacent to an activating group) is 1. The number of benzene rings is 3. The zero-order valence-corrected chi connectivity index (χ0v) is 24.5. The van der Waals surface area contributed by atoms with Gasteiger partial charge in [-0.2, -0.15) is 0 Å². The largest absolute Gasteiger partial charge is 0.495 e. The van der Waals surface area contributed by atoms with E-state index >= 15 is 0 Å². The third kappa shape index (κ3) is 7.23. The lowest BCUT2D eigenvalue weighted by atomic mass is 10.1. The molecule has 208 valence electrons. The summed E-state index contributed by atoms with van der Waals surface area (Å²) in [7, 11) is -2.87. The number of rotatable bonds is 11. The van der Waals surface area contributed by atoms with E-state index in [9.17, 15) is 18.0 Å². The summed E-state index contributed by atoms with van der Waals surface area (Å²) in [5.74, 6) is -0.796. The van der Waals surface area contributed by atoms with Crippen LogP contribution in [-0.4, -0.2) is 51.4 Å². The minimum atomic E-state index is -4.27. The van der Waals surface area contributed by atoms with Crippen LogP contribution in [-0.2, 0) is 26.2 Å². The van der Waals surface area contributed by atoms with Crippen LogP contribution in [0.2, 0.25) is 10.0 Å². The van der Waals surface area contributed by atoms with Crippen molar-refractivity contribution >= 4 is 50.7 Å². The Morgan fingerprint density at radius 2 is 1.69 bits per heavy atom. The summed E-state index contributed by atoms with van der Waals surface area (Å²) in [6.07, 6.45) is 0. The van der Waals surface area contributed by atoms with Crippen LogP contribution in [0, 0.1) is 6.92 Å². The zero-order valence-electron chi connectivity index (χ0n) is 22.1. The van der Waals surface area contributed by atoms with Crippen LogP contribution < -0.4 is 14.4 Å². The predicted molar refractivity (Wildman–Crippen MR) is 154 cm³/mol. The van der Waals surface area contributed by atoms with Crippen LogP contribution in [0.25, 0.3) is 0 Å². The SMILES string of the molecule is CCNC(=O)C(C)N(Cc1ccccc1Cl)C(=O)CN(c1cc(Cl)ccc1OC)S(=O)(=O)c1ccc(C)cc1. The van der Waals surface area contributed by atoms with Crippen molar-refractivity contribution < 1.29 is 22.7 Å². The number of ether oxygens (including phenoxy) is 1. The summed E-state index contributed by atoms with van der Waals surface area (Å²) in [4.78, 5) is 28.0. The van der Waals surface area contributed by atoms with Crippen LogP contribution in [0.1, 0.15) is 25.0 Å². The molecule has 3 aromatic rings. The number of hydrogen-bond donors (Lipinski definition) is 1. The first-order valence-electron chi connectivity index (χ1n) is 12.2. The van der Waals surface area contributed by atoms with Crippen LogP contribution in [0.5, 0.6) is 5.75 Å². The van der Waals surface area contributed by atoms with Crippen molar-refractivity contribution in [3.63, 3.8) is 0 Å². The molecule has 0 spiro atoms. The second-order valence-electron chi connectivity index (χ2n) is 8.82. The van der Waals surface area contributed by atoms with Crippen molar-refractivity contribution in [3.05, 3.63) is 87.9 Å². The first-order valence-corrected chi connectivity index (χ1v) is 14.4. The lowest BCUT2D eigenvalue weighted by molar-refractivity contribution is -0.139. The molecule has 0 aromatic heterocycles. The summed E-state index contributed by atoms with van der Waals surface area (Å²) in [6, 6.07) is 16.8. The van der Waals surface area contributed by atoms with Gasteiger partial charge >= 0.3 is 0 Å². The Balaban J connectivity index is 2.11. The minimum Gasteiger partial charge on any atom is -0.495 e.